The van der Waals surface area contributed by atoms with Crippen molar-refractivity contribution >= 4 is 24.1 Å². The van der Waals surface area contributed by atoms with Crippen molar-refractivity contribution in [3.05, 3.63) is 0 Å². The molecule has 26 heavy (non-hydrogen) atoms. The lowest BCUT2D eigenvalue weighted by Crippen LogP contribution is -2.32. The van der Waals surface area contributed by atoms with E-state index in [0.717, 1.165) is 43.5 Å². The lowest BCUT2D eigenvalue weighted by molar-refractivity contribution is -0.137. The van der Waals surface area contributed by atoms with Gasteiger partial charge in [0.1, 0.15) is 6.04 Å². The first-order chi connectivity index (χ1) is 12.5. The van der Waals surface area contributed by atoms with Gasteiger partial charge in [0, 0.05) is 6.42 Å². The van der Waals surface area contributed by atoms with E-state index in [4.69, 9.17) is 5.11 Å². The number of aliphatic hydroxyl groups excluding tert-OH is 1. The molecule has 1 saturated carbocycles. The molecule has 2 aliphatic rings. The molecule has 2 unspecified atom stereocenters. The zero-order valence-electron chi connectivity index (χ0n) is 15.1. The number of carbonyl (C=O) groups is 3. The maximum absolute atomic E-state index is 12.0. The van der Waals surface area contributed by atoms with Crippen molar-refractivity contribution in [3.8, 4) is 0 Å². The van der Waals surface area contributed by atoms with Gasteiger partial charge in [-0.05, 0) is 31.6 Å². The van der Waals surface area contributed by atoms with Crippen LogP contribution in [0.4, 0.5) is 4.79 Å². The van der Waals surface area contributed by atoms with Crippen LogP contribution in [-0.4, -0.2) is 51.5 Å². The lowest BCUT2D eigenvalue weighted by atomic mass is 9.86. The number of carboxylic acids is 1. The highest BCUT2D eigenvalue weighted by atomic mass is 16.4. The number of aliphatic carboxylic acids is 1. The molecule has 2 rings (SSSR count). The molecule has 0 spiro atoms. The summed E-state index contributed by atoms with van der Waals surface area (Å²) in [5.74, 6) is -1.01. The first kappa shape index (κ1) is 20.4. The number of hydrogen-bond donors (Lipinski definition) is 3. The highest BCUT2D eigenvalue weighted by molar-refractivity contribution is 6.04. The Morgan fingerprint density at radius 2 is 1.88 bits per heavy atom. The summed E-state index contributed by atoms with van der Waals surface area (Å²) in [6, 6.07) is -1.21. The number of nitrogens with one attached hydrogen (secondary N) is 1. The molecule has 3 N–H and O–H groups in total. The normalized spacial score (nSPS) is 22.8. The molecule has 0 bridgehead atoms. The van der Waals surface area contributed by atoms with Gasteiger partial charge in [-0.3, -0.25) is 14.9 Å². The molecular formula is C18H29N3O5. The molecule has 8 heteroatoms. The van der Waals surface area contributed by atoms with Crippen LogP contribution in [0.5, 0.6) is 0 Å². The predicted molar refractivity (Wildman–Crippen MR) is 95.6 cm³/mol. The minimum atomic E-state index is -0.803. The zero-order valence-corrected chi connectivity index (χ0v) is 15.1. The van der Waals surface area contributed by atoms with Gasteiger partial charge in [0.25, 0.3) is 5.91 Å². The molecule has 0 radical (unpaired) electrons. The van der Waals surface area contributed by atoms with Gasteiger partial charge >= 0.3 is 12.0 Å². The average molecular weight is 367 g/mol. The van der Waals surface area contributed by atoms with Crippen LogP contribution in [0.1, 0.15) is 70.6 Å². The highest BCUT2D eigenvalue weighted by Crippen LogP contribution is 2.26. The van der Waals surface area contributed by atoms with Gasteiger partial charge in [-0.1, -0.05) is 38.5 Å². The molecule has 2 atom stereocenters. The molecule has 3 amide bonds. The summed E-state index contributed by atoms with van der Waals surface area (Å²) < 4.78 is 0. The smallest absolute Gasteiger partial charge is 0.345 e. The Hall–Kier alpha value is -1.96. The molecule has 1 aliphatic carbocycles. The first-order valence-corrected chi connectivity index (χ1v) is 9.57. The number of unbranched alkanes of at least 4 members (excludes halogenated alkanes) is 3. The standard InChI is InChI=1S/C18H29N3O5/c22-15(13-8-4-3-5-9-13)12-19-21-14(17(25)20-18(21)26)10-6-1-2-7-11-16(23)24/h12-15,22H,1-11H2,(H,23,24)(H,20,25,26). The lowest BCUT2D eigenvalue weighted by Gasteiger charge is -2.24. The third-order valence-electron chi connectivity index (χ3n) is 5.13. The Kier molecular flexibility index (Phi) is 8.03. The second kappa shape index (κ2) is 10.3. The van der Waals surface area contributed by atoms with Gasteiger partial charge in [-0.2, -0.15) is 5.10 Å². The van der Waals surface area contributed by atoms with Crippen molar-refractivity contribution in [2.24, 2.45) is 11.0 Å². The van der Waals surface area contributed by atoms with E-state index < -0.39 is 24.1 Å². The van der Waals surface area contributed by atoms with E-state index >= 15 is 0 Å². The van der Waals surface area contributed by atoms with Gasteiger partial charge in [-0.25, -0.2) is 9.80 Å². The molecule has 146 valence electrons. The van der Waals surface area contributed by atoms with Crippen LogP contribution in [-0.2, 0) is 9.59 Å². The van der Waals surface area contributed by atoms with Crippen LogP contribution in [0.3, 0.4) is 0 Å². The molecule has 2 fully saturated rings. The van der Waals surface area contributed by atoms with E-state index in [2.05, 4.69) is 10.4 Å². The highest BCUT2D eigenvalue weighted by Gasteiger charge is 2.38. The Balaban J connectivity index is 1.80. The second-order valence-electron chi connectivity index (χ2n) is 7.15. The number of nitrogens with zero attached hydrogens (tertiary/aromatic N) is 2. The molecule has 1 aliphatic heterocycles. The van der Waals surface area contributed by atoms with E-state index in [9.17, 15) is 19.5 Å². The number of hydrazone groups is 1. The Bertz CT molecular complexity index is 531. The summed E-state index contributed by atoms with van der Waals surface area (Å²) in [6.45, 7) is 0. The number of rotatable bonds is 10. The van der Waals surface area contributed by atoms with E-state index in [-0.39, 0.29) is 18.2 Å². The Morgan fingerprint density at radius 3 is 2.58 bits per heavy atom. The van der Waals surface area contributed by atoms with Crippen molar-refractivity contribution in [2.45, 2.75) is 82.8 Å². The van der Waals surface area contributed by atoms with Crippen molar-refractivity contribution in [1.82, 2.24) is 10.3 Å². The summed E-state index contributed by atoms with van der Waals surface area (Å²) in [6.07, 6.45) is 9.51. The summed E-state index contributed by atoms with van der Waals surface area (Å²) in [4.78, 5) is 34.4. The van der Waals surface area contributed by atoms with E-state index in [1.165, 1.54) is 12.6 Å². The van der Waals surface area contributed by atoms with E-state index in [1.54, 1.807) is 0 Å². The molecule has 0 aromatic carbocycles. The number of urea groups is 1. The van der Waals surface area contributed by atoms with Gasteiger partial charge in [-0.15, -0.1) is 0 Å². The second-order valence-corrected chi connectivity index (χ2v) is 7.15. The Morgan fingerprint density at radius 1 is 1.19 bits per heavy atom. The maximum atomic E-state index is 12.0. The SMILES string of the molecule is O=C(O)CCCCCCC1C(=O)NC(=O)N1N=CC(O)C1CCCCC1. The van der Waals surface area contributed by atoms with Gasteiger partial charge in [0.15, 0.2) is 0 Å². The van der Waals surface area contributed by atoms with Crippen LogP contribution in [0, 0.1) is 5.92 Å². The Labute approximate surface area is 153 Å². The van der Waals surface area contributed by atoms with Crippen molar-refractivity contribution in [3.63, 3.8) is 0 Å². The number of amides is 3. The molecule has 8 nitrogen and oxygen atoms in total. The topological polar surface area (TPSA) is 119 Å². The van der Waals surface area contributed by atoms with Crippen molar-refractivity contribution < 1.29 is 24.6 Å². The number of imide groups is 1. The number of carboxylic acid groups (broad SMARTS) is 1. The summed E-state index contributed by atoms with van der Waals surface area (Å²) in [5.41, 5.74) is 0. The van der Waals surface area contributed by atoms with E-state index in [0.29, 0.717) is 19.3 Å². The number of hydrogen-bond acceptors (Lipinski definition) is 5. The summed E-state index contributed by atoms with van der Waals surface area (Å²) >= 11 is 0. The van der Waals surface area contributed by atoms with Crippen molar-refractivity contribution in [2.75, 3.05) is 0 Å². The monoisotopic (exact) mass is 367 g/mol. The van der Waals surface area contributed by atoms with Crippen LogP contribution >= 0.6 is 0 Å². The minimum absolute atomic E-state index is 0.151. The van der Waals surface area contributed by atoms with Crippen LogP contribution in [0.15, 0.2) is 5.10 Å². The fourth-order valence-electron chi connectivity index (χ4n) is 3.59. The molecular weight excluding hydrogens is 338 g/mol. The van der Waals surface area contributed by atoms with Gasteiger partial charge < -0.3 is 10.2 Å². The largest absolute Gasteiger partial charge is 0.481 e. The van der Waals surface area contributed by atoms with E-state index in [1.807, 2.05) is 0 Å². The van der Waals surface area contributed by atoms with Gasteiger partial charge in [0.2, 0.25) is 0 Å². The van der Waals surface area contributed by atoms with Crippen molar-refractivity contribution in [1.29, 1.82) is 0 Å². The van der Waals surface area contributed by atoms with Crippen LogP contribution < -0.4 is 5.32 Å². The zero-order chi connectivity index (χ0) is 18.9. The molecule has 0 aromatic rings. The average Bonchev–Trinajstić information content (AvgIpc) is 2.89. The predicted octanol–water partition coefficient (Wildman–Crippen LogP) is 2.26. The maximum Gasteiger partial charge on any atom is 0.345 e. The third-order valence-corrected chi connectivity index (χ3v) is 5.13. The van der Waals surface area contributed by atoms with Crippen LogP contribution in [0.25, 0.3) is 0 Å². The third kappa shape index (κ3) is 6.09. The first-order valence-electron chi connectivity index (χ1n) is 9.57. The van der Waals surface area contributed by atoms with Gasteiger partial charge in [0.05, 0.1) is 12.3 Å². The fraction of sp³-hybridized carbons (Fsp3) is 0.778. The molecule has 1 saturated heterocycles. The number of carbonyl (C=O) groups excluding carboxylic acids is 2. The van der Waals surface area contributed by atoms with Crippen LogP contribution in [0.2, 0.25) is 0 Å². The fourth-order valence-corrected chi connectivity index (χ4v) is 3.59. The summed E-state index contributed by atoms with van der Waals surface area (Å²) in [5, 5.41) is 26.3. The molecule has 0 aromatic heterocycles. The summed E-state index contributed by atoms with van der Waals surface area (Å²) in [7, 11) is 0. The molecule has 1 heterocycles. The minimum Gasteiger partial charge on any atom is -0.481 e. The number of aliphatic hydroxyl groups is 1. The quantitative estimate of drug-likeness (QED) is 0.311.